The normalized spacial score (nSPS) is 38.1. The van der Waals surface area contributed by atoms with Crippen molar-refractivity contribution in [3.8, 4) is 0 Å². The second-order valence-electron chi connectivity index (χ2n) is 5.15. The van der Waals surface area contributed by atoms with Gasteiger partial charge in [0.05, 0.1) is 0 Å². The van der Waals surface area contributed by atoms with Gasteiger partial charge in [-0.3, -0.25) is 4.90 Å². The number of hydrogen-bond donors (Lipinski definition) is 1. The van der Waals surface area contributed by atoms with Gasteiger partial charge < -0.3 is 5.73 Å². The summed E-state index contributed by atoms with van der Waals surface area (Å²) in [6.07, 6.45) is 4.11. The van der Waals surface area contributed by atoms with Crippen molar-refractivity contribution in [2.45, 2.75) is 45.2 Å². The van der Waals surface area contributed by atoms with Crippen LogP contribution in [0.5, 0.6) is 0 Å². The molecule has 2 heteroatoms. The highest BCUT2D eigenvalue weighted by atomic mass is 15.2. The molecule has 2 N–H and O–H groups in total. The molecule has 1 aliphatic heterocycles. The van der Waals surface area contributed by atoms with E-state index < -0.39 is 0 Å². The minimum absolute atomic E-state index is 0.452. The van der Waals surface area contributed by atoms with Crippen LogP contribution in [0.15, 0.2) is 0 Å². The van der Waals surface area contributed by atoms with Crippen LogP contribution >= 0.6 is 0 Å². The summed E-state index contributed by atoms with van der Waals surface area (Å²) in [5.74, 6) is 1.73. The van der Waals surface area contributed by atoms with Crippen LogP contribution in [-0.4, -0.2) is 30.1 Å². The standard InChI is InChI=1S/C11H22N2/c1-8-5-9(2)13(6-8)7-11(12)10-3-4-10/h8-11H,3-7,12H2,1-2H3. The molecule has 1 aliphatic carbocycles. The molecule has 2 rings (SSSR count). The molecule has 1 saturated heterocycles. The molecule has 0 radical (unpaired) electrons. The lowest BCUT2D eigenvalue weighted by atomic mass is 10.1. The first-order valence-corrected chi connectivity index (χ1v) is 5.66. The number of likely N-dealkylation sites (tertiary alicyclic amines) is 1. The van der Waals surface area contributed by atoms with Crippen LogP contribution in [0, 0.1) is 11.8 Å². The summed E-state index contributed by atoms with van der Waals surface area (Å²) < 4.78 is 0. The van der Waals surface area contributed by atoms with E-state index in [0.29, 0.717) is 6.04 Å². The Morgan fingerprint density at radius 2 is 2.08 bits per heavy atom. The average molecular weight is 182 g/mol. The number of hydrogen-bond acceptors (Lipinski definition) is 2. The molecule has 0 spiro atoms. The van der Waals surface area contributed by atoms with Gasteiger partial charge in [-0.15, -0.1) is 0 Å². The minimum Gasteiger partial charge on any atom is -0.326 e. The molecule has 0 aromatic rings. The van der Waals surface area contributed by atoms with Gasteiger partial charge in [0.25, 0.3) is 0 Å². The number of nitrogens with zero attached hydrogens (tertiary/aromatic N) is 1. The topological polar surface area (TPSA) is 29.3 Å². The van der Waals surface area contributed by atoms with Gasteiger partial charge in [0.1, 0.15) is 0 Å². The van der Waals surface area contributed by atoms with E-state index in [0.717, 1.165) is 24.4 Å². The second-order valence-corrected chi connectivity index (χ2v) is 5.15. The lowest BCUT2D eigenvalue weighted by Crippen LogP contribution is -2.40. The zero-order valence-electron chi connectivity index (χ0n) is 8.87. The Morgan fingerprint density at radius 1 is 1.38 bits per heavy atom. The van der Waals surface area contributed by atoms with E-state index in [4.69, 9.17) is 5.73 Å². The molecule has 1 saturated carbocycles. The predicted octanol–water partition coefficient (Wildman–Crippen LogP) is 1.45. The maximum Gasteiger partial charge on any atom is 0.0196 e. The molecule has 3 atom stereocenters. The van der Waals surface area contributed by atoms with Crippen molar-refractivity contribution in [1.82, 2.24) is 4.90 Å². The van der Waals surface area contributed by atoms with Gasteiger partial charge in [0.2, 0.25) is 0 Å². The monoisotopic (exact) mass is 182 g/mol. The van der Waals surface area contributed by atoms with Crippen LogP contribution in [0.2, 0.25) is 0 Å². The fourth-order valence-electron chi connectivity index (χ4n) is 2.58. The lowest BCUT2D eigenvalue weighted by Gasteiger charge is -2.24. The maximum atomic E-state index is 6.12. The van der Waals surface area contributed by atoms with Crippen LogP contribution in [0.25, 0.3) is 0 Å². The van der Waals surface area contributed by atoms with Gasteiger partial charge >= 0.3 is 0 Å². The van der Waals surface area contributed by atoms with Crippen LogP contribution in [-0.2, 0) is 0 Å². The lowest BCUT2D eigenvalue weighted by molar-refractivity contribution is 0.240. The van der Waals surface area contributed by atoms with Crippen LogP contribution < -0.4 is 5.73 Å². The first kappa shape index (κ1) is 9.47. The highest BCUT2D eigenvalue weighted by Gasteiger charge is 2.33. The largest absolute Gasteiger partial charge is 0.326 e. The molecule has 1 heterocycles. The zero-order valence-corrected chi connectivity index (χ0v) is 8.87. The Labute approximate surface area is 81.5 Å². The number of nitrogens with two attached hydrogens (primary N) is 1. The van der Waals surface area contributed by atoms with Crippen molar-refractivity contribution in [2.75, 3.05) is 13.1 Å². The summed E-state index contributed by atoms with van der Waals surface area (Å²) in [7, 11) is 0. The van der Waals surface area contributed by atoms with Gasteiger partial charge in [-0.05, 0) is 38.0 Å². The Morgan fingerprint density at radius 3 is 2.54 bits per heavy atom. The molecule has 0 amide bonds. The fraction of sp³-hybridized carbons (Fsp3) is 1.00. The molecule has 2 aliphatic rings. The van der Waals surface area contributed by atoms with Gasteiger partial charge in [0, 0.05) is 25.2 Å². The Hall–Kier alpha value is -0.0800. The summed E-state index contributed by atoms with van der Waals surface area (Å²) in [5.41, 5.74) is 6.12. The van der Waals surface area contributed by atoms with Crippen molar-refractivity contribution >= 4 is 0 Å². The van der Waals surface area contributed by atoms with Gasteiger partial charge in [0.15, 0.2) is 0 Å². The average Bonchev–Trinajstić information content (AvgIpc) is 2.81. The van der Waals surface area contributed by atoms with E-state index in [1.54, 1.807) is 0 Å². The Balaban J connectivity index is 1.79. The van der Waals surface area contributed by atoms with E-state index in [-0.39, 0.29) is 0 Å². The highest BCUT2D eigenvalue weighted by molar-refractivity contribution is 4.89. The molecular weight excluding hydrogens is 160 g/mol. The molecular formula is C11H22N2. The van der Waals surface area contributed by atoms with Crippen LogP contribution in [0.1, 0.15) is 33.1 Å². The van der Waals surface area contributed by atoms with Gasteiger partial charge in [-0.2, -0.15) is 0 Å². The second kappa shape index (κ2) is 3.58. The van der Waals surface area contributed by atoms with E-state index in [9.17, 15) is 0 Å². The molecule has 13 heavy (non-hydrogen) atoms. The minimum atomic E-state index is 0.452. The Kier molecular flexibility index (Phi) is 2.61. The summed E-state index contributed by atoms with van der Waals surface area (Å²) in [6.45, 7) is 7.08. The molecule has 2 nitrogen and oxygen atoms in total. The summed E-state index contributed by atoms with van der Waals surface area (Å²) in [5, 5.41) is 0. The SMILES string of the molecule is CC1CC(C)N(CC(N)C2CC2)C1. The molecule has 76 valence electrons. The highest BCUT2D eigenvalue weighted by Crippen LogP contribution is 2.33. The fourth-order valence-corrected chi connectivity index (χ4v) is 2.58. The summed E-state index contributed by atoms with van der Waals surface area (Å²) >= 11 is 0. The summed E-state index contributed by atoms with van der Waals surface area (Å²) in [4.78, 5) is 2.58. The number of rotatable bonds is 3. The quantitative estimate of drug-likeness (QED) is 0.716. The Bertz CT molecular complexity index is 177. The van der Waals surface area contributed by atoms with Gasteiger partial charge in [-0.25, -0.2) is 0 Å². The molecule has 0 aromatic carbocycles. The van der Waals surface area contributed by atoms with Crippen molar-refractivity contribution in [2.24, 2.45) is 17.6 Å². The third-order valence-corrected chi connectivity index (χ3v) is 3.59. The van der Waals surface area contributed by atoms with Crippen molar-refractivity contribution < 1.29 is 0 Å². The van der Waals surface area contributed by atoms with Crippen LogP contribution in [0.4, 0.5) is 0 Å². The molecule has 0 aromatic heterocycles. The third-order valence-electron chi connectivity index (χ3n) is 3.59. The van der Waals surface area contributed by atoms with E-state index in [1.807, 2.05) is 0 Å². The van der Waals surface area contributed by atoms with Crippen LogP contribution in [0.3, 0.4) is 0 Å². The zero-order chi connectivity index (χ0) is 9.42. The smallest absolute Gasteiger partial charge is 0.0196 e. The molecule has 3 unspecified atom stereocenters. The first-order valence-electron chi connectivity index (χ1n) is 5.66. The van der Waals surface area contributed by atoms with E-state index >= 15 is 0 Å². The van der Waals surface area contributed by atoms with Crippen molar-refractivity contribution in [3.63, 3.8) is 0 Å². The van der Waals surface area contributed by atoms with Gasteiger partial charge in [-0.1, -0.05) is 6.92 Å². The predicted molar refractivity (Wildman–Crippen MR) is 55.5 cm³/mol. The first-order chi connectivity index (χ1) is 6.16. The molecule has 0 bridgehead atoms. The molecule has 2 fully saturated rings. The third kappa shape index (κ3) is 2.23. The van der Waals surface area contributed by atoms with Crippen molar-refractivity contribution in [3.05, 3.63) is 0 Å². The maximum absolute atomic E-state index is 6.12. The van der Waals surface area contributed by atoms with E-state index in [2.05, 4.69) is 18.7 Å². The summed E-state index contributed by atoms with van der Waals surface area (Å²) in [6, 6.07) is 1.22. The van der Waals surface area contributed by atoms with E-state index in [1.165, 1.54) is 25.8 Å². The van der Waals surface area contributed by atoms with Crippen molar-refractivity contribution in [1.29, 1.82) is 0 Å².